The van der Waals surface area contributed by atoms with E-state index in [1.165, 1.54) is 13.8 Å². The van der Waals surface area contributed by atoms with Crippen LogP contribution in [-0.4, -0.2) is 52.8 Å². The number of nitrogens with zero attached hydrogens (tertiary/aromatic N) is 1. The Bertz CT molecular complexity index is 773. The minimum atomic E-state index is -1.25. The molecule has 29 heavy (non-hydrogen) atoms. The summed E-state index contributed by atoms with van der Waals surface area (Å²) >= 11 is 0. The highest BCUT2D eigenvalue weighted by atomic mass is 16.6. The monoisotopic (exact) mass is 406 g/mol. The van der Waals surface area contributed by atoms with Crippen LogP contribution in [-0.2, 0) is 30.4 Å². The number of benzene rings is 1. The average Bonchev–Trinajstić information content (AvgIpc) is 2.92. The topological polar surface area (TPSA) is 111 Å². The molecule has 158 valence electrons. The molecule has 0 radical (unpaired) electrons. The highest BCUT2D eigenvalue weighted by molar-refractivity contribution is 6.01. The Morgan fingerprint density at radius 3 is 2.41 bits per heavy atom. The van der Waals surface area contributed by atoms with E-state index in [4.69, 9.17) is 14.2 Å². The fourth-order valence-corrected chi connectivity index (χ4v) is 2.70. The molecule has 2 rings (SSSR count). The lowest BCUT2D eigenvalue weighted by atomic mass is 10.1. The lowest BCUT2D eigenvalue weighted by molar-refractivity contribution is -0.154. The number of alkyl carbamates (subject to hydrolysis) is 1. The van der Waals surface area contributed by atoms with Gasteiger partial charge in [-0.25, -0.2) is 19.3 Å². The van der Waals surface area contributed by atoms with E-state index in [1.807, 2.05) is 6.07 Å². The van der Waals surface area contributed by atoms with Crippen molar-refractivity contribution in [3.05, 3.63) is 35.9 Å². The molecule has 9 nitrogen and oxygen atoms in total. The lowest BCUT2D eigenvalue weighted by Crippen LogP contribution is -2.53. The number of amides is 3. The molecule has 1 aliphatic heterocycles. The first-order valence-electron chi connectivity index (χ1n) is 9.23. The second-order valence-electron chi connectivity index (χ2n) is 7.70. The van der Waals surface area contributed by atoms with Gasteiger partial charge in [-0.05, 0) is 40.2 Å². The molecule has 1 N–H and O–H groups in total. The van der Waals surface area contributed by atoms with Crippen molar-refractivity contribution in [1.29, 1.82) is 0 Å². The normalized spacial score (nSPS) is 19.9. The number of esters is 1. The number of rotatable bonds is 5. The number of ether oxygens (including phenoxy) is 3. The predicted molar refractivity (Wildman–Crippen MR) is 102 cm³/mol. The van der Waals surface area contributed by atoms with E-state index in [0.29, 0.717) is 4.90 Å². The maximum absolute atomic E-state index is 12.7. The van der Waals surface area contributed by atoms with Crippen LogP contribution in [0.3, 0.4) is 0 Å². The van der Waals surface area contributed by atoms with E-state index in [1.54, 1.807) is 45.0 Å². The van der Waals surface area contributed by atoms with Crippen molar-refractivity contribution >= 4 is 24.1 Å². The first kappa shape index (κ1) is 22.2. The number of cyclic esters (lactones) is 1. The molecule has 1 aliphatic rings. The number of carbonyl (C=O) groups excluding carboxylic acids is 4. The Kier molecular flexibility index (Phi) is 6.84. The van der Waals surface area contributed by atoms with Gasteiger partial charge in [0.25, 0.3) is 5.91 Å². The van der Waals surface area contributed by atoms with Gasteiger partial charge in [-0.15, -0.1) is 0 Å². The van der Waals surface area contributed by atoms with Gasteiger partial charge in [0, 0.05) is 0 Å². The third-order valence-corrected chi connectivity index (χ3v) is 4.01. The predicted octanol–water partition coefficient (Wildman–Crippen LogP) is 2.38. The second-order valence-corrected chi connectivity index (χ2v) is 7.70. The van der Waals surface area contributed by atoms with Crippen molar-refractivity contribution in [3.63, 3.8) is 0 Å². The Morgan fingerprint density at radius 2 is 1.83 bits per heavy atom. The van der Waals surface area contributed by atoms with Gasteiger partial charge in [0.2, 0.25) is 0 Å². The Morgan fingerprint density at radius 1 is 1.21 bits per heavy atom. The standard InChI is InChI=1S/C20H26N2O7/c1-12(21-18(25)29-20(3,4)5)16(23)22-15(13(2)28-19(22)26)17(24)27-11-14-9-7-6-8-10-14/h6-10,12-13,15H,11H2,1-5H3,(H,21,25)/t12-,13+,15-/m0/s1. The largest absolute Gasteiger partial charge is 0.459 e. The molecule has 9 heteroatoms. The van der Waals surface area contributed by atoms with Crippen LogP contribution in [0.15, 0.2) is 30.3 Å². The van der Waals surface area contributed by atoms with E-state index in [-0.39, 0.29) is 6.61 Å². The molecule has 3 amide bonds. The Hall–Kier alpha value is -3.10. The van der Waals surface area contributed by atoms with Crippen LogP contribution in [0.4, 0.5) is 9.59 Å². The Labute approximate surface area is 169 Å². The highest BCUT2D eigenvalue weighted by Crippen LogP contribution is 2.22. The van der Waals surface area contributed by atoms with Gasteiger partial charge >= 0.3 is 18.2 Å². The quantitative estimate of drug-likeness (QED) is 0.590. The van der Waals surface area contributed by atoms with Crippen LogP contribution in [0, 0.1) is 0 Å². The van der Waals surface area contributed by atoms with Crippen molar-refractivity contribution in [3.8, 4) is 0 Å². The van der Waals surface area contributed by atoms with Gasteiger partial charge < -0.3 is 19.5 Å². The van der Waals surface area contributed by atoms with Crippen LogP contribution < -0.4 is 5.32 Å². The summed E-state index contributed by atoms with van der Waals surface area (Å²) in [5.74, 6) is -1.57. The first-order chi connectivity index (χ1) is 13.5. The summed E-state index contributed by atoms with van der Waals surface area (Å²) in [4.78, 5) is 50.0. The SMILES string of the molecule is C[C@H](NC(=O)OC(C)(C)C)C(=O)N1C(=O)O[C@H](C)[C@H]1C(=O)OCc1ccccc1. The molecular formula is C20H26N2O7. The van der Waals surface area contributed by atoms with Crippen molar-refractivity contribution in [2.24, 2.45) is 0 Å². The van der Waals surface area contributed by atoms with Crippen LogP contribution in [0.5, 0.6) is 0 Å². The van der Waals surface area contributed by atoms with Crippen LogP contribution in [0.25, 0.3) is 0 Å². The molecule has 0 bridgehead atoms. The summed E-state index contributed by atoms with van der Waals surface area (Å²) in [6.45, 7) is 7.90. The number of nitrogens with one attached hydrogen (secondary N) is 1. The molecule has 0 aromatic heterocycles. The number of imide groups is 1. The van der Waals surface area contributed by atoms with Crippen LogP contribution >= 0.6 is 0 Å². The summed E-state index contributed by atoms with van der Waals surface area (Å²) in [5.41, 5.74) is 0.00846. The lowest BCUT2D eigenvalue weighted by Gasteiger charge is -2.25. The average molecular weight is 406 g/mol. The minimum absolute atomic E-state index is 0.00910. The molecular weight excluding hydrogens is 380 g/mol. The maximum atomic E-state index is 12.7. The van der Waals surface area contributed by atoms with E-state index in [0.717, 1.165) is 5.56 Å². The molecule has 0 spiro atoms. The van der Waals surface area contributed by atoms with Crippen molar-refractivity contribution in [1.82, 2.24) is 10.2 Å². The fraction of sp³-hybridized carbons (Fsp3) is 0.500. The molecule has 1 saturated heterocycles. The molecule has 1 fully saturated rings. The summed E-state index contributed by atoms with van der Waals surface area (Å²) in [6, 6.07) is 6.62. The number of hydrogen-bond acceptors (Lipinski definition) is 7. The van der Waals surface area contributed by atoms with E-state index in [9.17, 15) is 19.2 Å². The Balaban J connectivity index is 2.05. The van der Waals surface area contributed by atoms with Gasteiger partial charge in [-0.3, -0.25) is 4.79 Å². The molecule has 1 aromatic carbocycles. The number of carbonyl (C=O) groups is 4. The zero-order valence-corrected chi connectivity index (χ0v) is 17.1. The molecule has 3 atom stereocenters. The fourth-order valence-electron chi connectivity index (χ4n) is 2.70. The molecule has 1 aromatic rings. The summed E-state index contributed by atoms with van der Waals surface area (Å²) < 4.78 is 15.4. The van der Waals surface area contributed by atoms with Crippen molar-refractivity contribution in [2.45, 2.75) is 65.0 Å². The van der Waals surface area contributed by atoms with E-state index < -0.39 is 47.9 Å². The van der Waals surface area contributed by atoms with Gasteiger partial charge in [-0.2, -0.15) is 0 Å². The van der Waals surface area contributed by atoms with E-state index >= 15 is 0 Å². The minimum Gasteiger partial charge on any atom is -0.459 e. The van der Waals surface area contributed by atoms with Crippen LogP contribution in [0.2, 0.25) is 0 Å². The third kappa shape index (κ3) is 5.94. The molecule has 0 saturated carbocycles. The van der Waals surface area contributed by atoms with Gasteiger partial charge in [0.05, 0.1) is 0 Å². The smallest absolute Gasteiger partial charge is 0.417 e. The number of hydrogen-bond donors (Lipinski definition) is 1. The van der Waals surface area contributed by atoms with Crippen molar-refractivity contribution in [2.75, 3.05) is 0 Å². The molecule has 1 heterocycles. The molecule has 0 aliphatic carbocycles. The molecule has 0 unspecified atom stereocenters. The van der Waals surface area contributed by atoms with Gasteiger partial charge in [0.1, 0.15) is 24.4 Å². The van der Waals surface area contributed by atoms with E-state index in [2.05, 4.69) is 5.32 Å². The van der Waals surface area contributed by atoms with Gasteiger partial charge in [-0.1, -0.05) is 30.3 Å². The zero-order valence-electron chi connectivity index (χ0n) is 17.1. The zero-order chi connectivity index (χ0) is 21.8. The first-order valence-corrected chi connectivity index (χ1v) is 9.23. The summed E-state index contributed by atoms with van der Waals surface area (Å²) in [7, 11) is 0. The highest BCUT2D eigenvalue weighted by Gasteiger charge is 2.49. The van der Waals surface area contributed by atoms with Crippen LogP contribution in [0.1, 0.15) is 40.2 Å². The van der Waals surface area contributed by atoms with Gasteiger partial charge in [0.15, 0.2) is 6.04 Å². The summed E-state index contributed by atoms with van der Waals surface area (Å²) in [6.07, 6.45) is -2.67. The maximum Gasteiger partial charge on any atom is 0.417 e. The summed E-state index contributed by atoms with van der Waals surface area (Å²) in [5, 5.41) is 2.35. The van der Waals surface area contributed by atoms with Crippen molar-refractivity contribution < 1.29 is 33.4 Å². The third-order valence-electron chi connectivity index (χ3n) is 4.01. The second kappa shape index (κ2) is 8.93.